The molecule has 1 atom stereocenters. The van der Waals surface area contributed by atoms with Crippen molar-refractivity contribution in [2.75, 3.05) is 5.32 Å². The molecular weight excluding hydrogens is 314 g/mol. The number of rotatable bonds is 4. The molecule has 120 valence electrons. The molecule has 0 amide bonds. The van der Waals surface area contributed by atoms with Gasteiger partial charge in [-0.25, -0.2) is 0 Å². The van der Waals surface area contributed by atoms with E-state index in [4.69, 9.17) is 12.2 Å². The van der Waals surface area contributed by atoms with E-state index in [1.165, 1.54) is 16.7 Å². The first kappa shape index (κ1) is 16.1. The number of nitrogens with one attached hydrogen (secondary N) is 2. The molecule has 2 N–H and O–H groups in total. The zero-order chi connectivity index (χ0) is 16.8. The molecule has 0 saturated carbocycles. The van der Waals surface area contributed by atoms with Gasteiger partial charge in [0.05, 0.1) is 6.04 Å². The maximum absolute atomic E-state index is 5.50. The second kappa shape index (κ2) is 7.70. The van der Waals surface area contributed by atoms with Gasteiger partial charge in [0.25, 0.3) is 0 Å². The van der Waals surface area contributed by atoms with Gasteiger partial charge < -0.3 is 10.6 Å². The van der Waals surface area contributed by atoms with Crippen molar-refractivity contribution in [3.05, 3.63) is 95.8 Å². The number of nitrogens with zero attached hydrogens (tertiary/aromatic N) is 1. The molecule has 3 aromatic rings. The summed E-state index contributed by atoms with van der Waals surface area (Å²) in [6, 6.07) is 22.5. The largest absolute Gasteiger partial charge is 0.352 e. The summed E-state index contributed by atoms with van der Waals surface area (Å²) in [5.41, 5.74) is 4.49. The molecule has 0 radical (unpaired) electrons. The standard InChI is InChI=1S/C20H19N3S/c1-15-6-5-9-17(14-15)19(16-7-3-2-4-8-16)23-20(24)22-18-10-12-21-13-11-18/h2-14,19H,1H3,(H2,21,22,23,24)/t19-/m1/s1. The molecule has 3 rings (SSSR count). The van der Waals surface area contributed by atoms with E-state index in [-0.39, 0.29) is 6.04 Å². The van der Waals surface area contributed by atoms with Crippen LogP contribution in [0.25, 0.3) is 0 Å². The monoisotopic (exact) mass is 333 g/mol. The molecule has 2 aromatic carbocycles. The van der Waals surface area contributed by atoms with Crippen LogP contribution < -0.4 is 10.6 Å². The molecule has 0 fully saturated rings. The lowest BCUT2D eigenvalue weighted by molar-refractivity contribution is 0.767. The maximum Gasteiger partial charge on any atom is 0.171 e. The molecule has 0 aliphatic heterocycles. The van der Waals surface area contributed by atoms with Crippen molar-refractivity contribution in [3.63, 3.8) is 0 Å². The van der Waals surface area contributed by atoms with Crippen LogP contribution in [0, 0.1) is 6.92 Å². The van der Waals surface area contributed by atoms with E-state index < -0.39 is 0 Å². The van der Waals surface area contributed by atoms with Crippen molar-refractivity contribution < 1.29 is 0 Å². The van der Waals surface area contributed by atoms with Gasteiger partial charge >= 0.3 is 0 Å². The van der Waals surface area contributed by atoms with Crippen molar-refractivity contribution in [2.45, 2.75) is 13.0 Å². The van der Waals surface area contributed by atoms with Gasteiger partial charge in [-0.3, -0.25) is 4.98 Å². The van der Waals surface area contributed by atoms with E-state index in [1.807, 2.05) is 30.3 Å². The third-order valence-electron chi connectivity index (χ3n) is 3.72. The zero-order valence-electron chi connectivity index (χ0n) is 13.4. The minimum absolute atomic E-state index is 0.00654. The van der Waals surface area contributed by atoms with Crippen LogP contribution in [0.1, 0.15) is 22.7 Å². The number of aromatic nitrogens is 1. The lowest BCUT2D eigenvalue weighted by Crippen LogP contribution is -2.33. The second-order valence-electron chi connectivity index (χ2n) is 5.59. The normalized spacial score (nSPS) is 11.5. The van der Waals surface area contributed by atoms with Gasteiger partial charge in [0, 0.05) is 18.1 Å². The maximum atomic E-state index is 5.50. The van der Waals surface area contributed by atoms with Crippen LogP contribution >= 0.6 is 12.2 Å². The minimum atomic E-state index is -0.00654. The predicted molar refractivity (Wildman–Crippen MR) is 103 cm³/mol. The molecule has 0 bridgehead atoms. The number of pyridine rings is 1. The Morgan fingerprint density at radius 3 is 2.33 bits per heavy atom. The van der Waals surface area contributed by atoms with E-state index >= 15 is 0 Å². The van der Waals surface area contributed by atoms with Gasteiger partial charge in [0.2, 0.25) is 0 Å². The van der Waals surface area contributed by atoms with E-state index in [2.05, 4.69) is 58.9 Å². The summed E-state index contributed by atoms with van der Waals surface area (Å²) in [4.78, 5) is 4.01. The van der Waals surface area contributed by atoms with Gasteiger partial charge in [-0.2, -0.15) is 0 Å². The second-order valence-corrected chi connectivity index (χ2v) is 6.00. The Hall–Kier alpha value is -2.72. The van der Waals surface area contributed by atoms with Crippen LogP contribution in [0.5, 0.6) is 0 Å². The summed E-state index contributed by atoms with van der Waals surface area (Å²) in [6.07, 6.45) is 3.47. The molecule has 0 unspecified atom stereocenters. The zero-order valence-corrected chi connectivity index (χ0v) is 14.3. The topological polar surface area (TPSA) is 37.0 Å². The van der Waals surface area contributed by atoms with E-state index in [0.717, 1.165) is 5.69 Å². The predicted octanol–water partition coefficient (Wildman–Crippen LogP) is 4.47. The van der Waals surface area contributed by atoms with Crippen molar-refractivity contribution in [2.24, 2.45) is 0 Å². The third kappa shape index (κ3) is 4.18. The van der Waals surface area contributed by atoms with Gasteiger partial charge in [0.1, 0.15) is 0 Å². The molecule has 4 heteroatoms. The highest BCUT2D eigenvalue weighted by Gasteiger charge is 2.15. The number of benzene rings is 2. The molecule has 24 heavy (non-hydrogen) atoms. The SMILES string of the molecule is Cc1cccc([C@H](NC(=S)Nc2ccncc2)c2ccccc2)c1. The fourth-order valence-electron chi connectivity index (χ4n) is 2.59. The molecule has 0 spiro atoms. The van der Waals surface area contributed by atoms with E-state index in [0.29, 0.717) is 5.11 Å². The van der Waals surface area contributed by atoms with Crippen molar-refractivity contribution >= 4 is 23.0 Å². The highest BCUT2D eigenvalue weighted by molar-refractivity contribution is 7.80. The van der Waals surface area contributed by atoms with Crippen molar-refractivity contribution in [3.8, 4) is 0 Å². The summed E-state index contributed by atoms with van der Waals surface area (Å²) in [5, 5.41) is 7.21. The van der Waals surface area contributed by atoms with Crippen LogP contribution in [0.3, 0.4) is 0 Å². The quantitative estimate of drug-likeness (QED) is 0.691. The minimum Gasteiger partial charge on any atom is -0.352 e. The third-order valence-corrected chi connectivity index (χ3v) is 3.94. The molecule has 3 nitrogen and oxygen atoms in total. The Kier molecular flexibility index (Phi) is 5.18. The van der Waals surface area contributed by atoms with Crippen LogP contribution in [0.4, 0.5) is 5.69 Å². The van der Waals surface area contributed by atoms with Gasteiger partial charge in [-0.15, -0.1) is 0 Å². The average molecular weight is 333 g/mol. The van der Waals surface area contributed by atoms with Crippen molar-refractivity contribution in [1.29, 1.82) is 0 Å². The fourth-order valence-corrected chi connectivity index (χ4v) is 2.82. The first-order chi connectivity index (χ1) is 11.7. The summed E-state index contributed by atoms with van der Waals surface area (Å²) in [5.74, 6) is 0. The Labute approximate surface area is 147 Å². The van der Waals surface area contributed by atoms with E-state index in [1.54, 1.807) is 12.4 Å². The average Bonchev–Trinajstić information content (AvgIpc) is 2.61. The number of hydrogen-bond acceptors (Lipinski definition) is 2. The van der Waals surface area contributed by atoms with E-state index in [9.17, 15) is 0 Å². The van der Waals surface area contributed by atoms with Gasteiger partial charge in [-0.1, -0.05) is 60.2 Å². The fraction of sp³-hybridized carbons (Fsp3) is 0.100. The van der Waals surface area contributed by atoms with Crippen molar-refractivity contribution in [1.82, 2.24) is 10.3 Å². The first-order valence-electron chi connectivity index (χ1n) is 7.81. The Morgan fingerprint density at radius 2 is 1.62 bits per heavy atom. The summed E-state index contributed by atoms with van der Waals surface area (Å²) >= 11 is 5.50. The molecule has 0 aliphatic carbocycles. The van der Waals surface area contributed by atoms with Crippen LogP contribution in [-0.4, -0.2) is 10.1 Å². The lowest BCUT2D eigenvalue weighted by atomic mass is 9.97. The van der Waals surface area contributed by atoms with Crippen LogP contribution in [0.15, 0.2) is 79.1 Å². The molecule has 1 aromatic heterocycles. The van der Waals surface area contributed by atoms with Gasteiger partial charge in [-0.05, 0) is 42.4 Å². The Bertz CT molecular complexity index is 803. The number of hydrogen-bond donors (Lipinski definition) is 2. The smallest absolute Gasteiger partial charge is 0.171 e. The van der Waals surface area contributed by atoms with Crippen LogP contribution in [0.2, 0.25) is 0 Å². The summed E-state index contributed by atoms with van der Waals surface area (Å²) in [7, 11) is 0. The molecule has 1 heterocycles. The highest BCUT2D eigenvalue weighted by Crippen LogP contribution is 2.23. The van der Waals surface area contributed by atoms with Crippen LogP contribution in [-0.2, 0) is 0 Å². The van der Waals surface area contributed by atoms with Gasteiger partial charge in [0.15, 0.2) is 5.11 Å². The summed E-state index contributed by atoms with van der Waals surface area (Å²) < 4.78 is 0. The number of aryl methyl sites for hydroxylation is 1. The number of anilines is 1. The lowest BCUT2D eigenvalue weighted by Gasteiger charge is -2.22. The summed E-state index contributed by atoms with van der Waals surface area (Å²) in [6.45, 7) is 2.10. The number of thiocarbonyl (C=S) groups is 1. The Morgan fingerprint density at radius 1 is 0.917 bits per heavy atom. The molecule has 0 aliphatic rings. The molecular formula is C20H19N3S. The first-order valence-corrected chi connectivity index (χ1v) is 8.22. The molecule has 0 saturated heterocycles. The highest BCUT2D eigenvalue weighted by atomic mass is 32.1. The Balaban J connectivity index is 1.84.